The van der Waals surface area contributed by atoms with Crippen LogP contribution in [-0.4, -0.2) is 53.7 Å². The number of aromatic nitrogens is 2. The van der Waals surface area contributed by atoms with E-state index in [9.17, 15) is 13.2 Å². The first-order chi connectivity index (χ1) is 12.4. The van der Waals surface area contributed by atoms with Crippen molar-refractivity contribution in [3.8, 4) is 0 Å². The molecule has 0 spiro atoms. The molecular weight excluding hydrogens is 352 g/mol. The maximum absolute atomic E-state index is 12.8. The molecule has 0 bridgehead atoms. The van der Waals surface area contributed by atoms with Gasteiger partial charge in [0, 0.05) is 25.5 Å². The number of carbonyl (C=O) groups excluding carboxylic acids is 1. The second-order valence-corrected chi connectivity index (χ2v) is 8.94. The van der Waals surface area contributed by atoms with Crippen LogP contribution in [0, 0.1) is 0 Å². The molecule has 0 aliphatic carbocycles. The number of hydrogen-bond acceptors (Lipinski definition) is 4. The number of hydrogen-bond donors (Lipinski definition) is 1. The Labute approximate surface area is 153 Å². The van der Waals surface area contributed by atoms with Crippen LogP contribution in [-0.2, 0) is 16.4 Å². The molecule has 26 heavy (non-hydrogen) atoms. The second kappa shape index (κ2) is 7.90. The van der Waals surface area contributed by atoms with E-state index < -0.39 is 9.84 Å². The van der Waals surface area contributed by atoms with Crippen molar-refractivity contribution < 1.29 is 13.2 Å². The molecule has 2 heterocycles. The zero-order valence-corrected chi connectivity index (χ0v) is 15.6. The van der Waals surface area contributed by atoms with Crippen LogP contribution in [0.1, 0.15) is 24.4 Å². The van der Waals surface area contributed by atoms with Crippen LogP contribution < -0.4 is 5.32 Å². The first kappa shape index (κ1) is 18.4. The first-order valence-electron chi connectivity index (χ1n) is 8.71. The van der Waals surface area contributed by atoms with Crippen molar-refractivity contribution in [3.63, 3.8) is 0 Å². The van der Waals surface area contributed by atoms with Gasteiger partial charge in [-0.05, 0) is 24.5 Å². The van der Waals surface area contributed by atoms with Crippen LogP contribution in [0.15, 0.2) is 48.8 Å². The van der Waals surface area contributed by atoms with E-state index in [1.165, 1.54) is 0 Å². The van der Waals surface area contributed by atoms with Gasteiger partial charge in [0.15, 0.2) is 0 Å². The van der Waals surface area contributed by atoms with E-state index in [1.54, 1.807) is 22.8 Å². The molecule has 1 saturated heterocycles. The Bertz CT molecular complexity index is 807. The van der Waals surface area contributed by atoms with Gasteiger partial charge in [-0.25, -0.2) is 13.2 Å². The van der Waals surface area contributed by atoms with Crippen molar-refractivity contribution in [3.05, 3.63) is 54.4 Å². The van der Waals surface area contributed by atoms with Crippen molar-refractivity contribution >= 4 is 15.9 Å². The lowest BCUT2D eigenvalue weighted by atomic mass is 10.1. The van der Waals surface area contributed by atoms with Gasteiger partial charge in [0.05, 0.1) is 24.1 Å². The monoisotopic (exact) mass is 376 g/mol. The van der Waals surface area contributed by atoms with Crippen LogP contribution in [0.5, 0.6) is 0 Å². The van der Waals surface area contributed by atoms with Crippen LogP contribution in [0.3, 0.4) is 0 Å². The number of amides is 2. The molecule has 140 valence electrons. The van der Waals surface area contributed by atoms with Gasteiger partial charge in [0.1, 0.15) is 9.84 Å². The Morgan fingerprint density at radius 3 is 2.58 bits per heavy atom. The molecule has 2 aromatic rings. The predicted octanol–water partition coefficient (Wildman–Crippen LogP) is 1.84. The number of nitrogens with one attached hydrogen (secondary N) is 1. The molecule has 0 unspecified atom stereocenters. The highest BCUT2D eigenvalue weighted by atomic mass is 32.2. The summed E-state index contributed by atoms with van der Waals surface area (Å²) in [6.45, 7) is 0.523. The summed E-state index contributed by atoms with van der Waals surface area (Å²) in [5, 5.41) is 7.29. The van der Waals surface area contributed by atoms with Crippen molar-refractivity contribution in [2.24, 2.45) is 0 Å². The van der Waals surface area contributed by atoms with Gasteiger partial charge in [-0.15, -0.1) is 0 Å². The number of urea groups is 1. The molecule has 1 fully saturated rings. The third-order valence-corrected chi connectivity index (χ3v) is 6.54. The fourth-order valence-electron chi connectivity index (χ4n) is 3.20. The SMILES string of the molecule is CN(C(=O)N[C@@H](Cn1cccn1)c1ccccc1)C1CCS(=O)(=O)CC1. The zero-order chi connectivity index (χ0) is 18.6. The molecule has 1 N–H and O–H groups in total. The average Bonchev–Trinajstić information content (AvgIpc) is 3.14. The molecular formula is C18H24N4O3S. The summed E-state index contributed by atoms with van der Waals surface area (Å²) in [6.07, 6.45) is 4.54. The molecule has 1 aromatic carbocycles. The van der Waals surface area contributed by atoms with Crippen LogP contribution in [0.4, 0.5) is 4.79 Å². The van der Waals surface area contributed by atoms with Gasteiger partial charge >= 0.3 is 6.03 Å². The van der Waals surface area contributed by atoms with E-state index in [0.29, 0.717) is 19.4 Å². The molecule has 1 aromatic heterocycles. The van der Waals surface area contributed by atoms with Crippen molar-refractivity contribution in [2.75, 3.05) is 18.6 Å². The smallest absolute Gasteiger partial charge is 0.317 e. The molecule has 1 atom stereocenters. The maximum Gasteiger partial charge on any atom is 0.317 e. The maximum atomic E-state index is 12.8. The minimum atomic E-state index is -2.95. The molecule has 8 heteroatoms. The third kappa shape index (κ3) is 4.63. The van der Waals surface area contributed by atoms with Gasteiger partial charge in [0.2, 0.25) is 0 Å². The number of sulfone groups is 1. The molecule has 7 nitrogen and oxygen atoms in total. The standard InChI is InChI=1S/C18H24N4O3S/c1-21(16-8-12-26(24,25)13-9-16)18(23)20-17(14-22-11-5-10-19-22)15-6-3-2-4-7-15/h2-7,10-11,16-17H,8-9,12-14H2,1H3,(H,20,23)/t17-/m0/s1. The molecule has 3 rings (SSSR count). The van der Waals surface area contributed by atoms with E-state index in [0.717, 1.165) is 5.56 Å². The molecule has 0 saturated carbocycles. The van der Waals surface area contributed by atoms with Crippen molar-refractivity contribution in [2.45, 2.75) is 31.5 Å². The lowest BCUT2D eigenvalue weighted by Crippen LogP contribution is -2.48. The summed E-state index contributed by atoms with van der Waals surface area (Å²) in [7, 11) is -1.22. The highest BCUT2D eigenvalue weighted by Crippen LogP contribution is 2.19. The number of carbonyl (C=O) groups is 1. The Morgan fingerprint density at radius 1 is 1.27 bits per heavy atom. The molecule has 1 aliphatic rings. The van der Waals surface area contributed by atoms with E-state index in [-0.39, 0.29) is 29.6 Å². The summed E-state index contributed by atoms with van der Waals surface area (Å²) in [4.78, 5) is 14.4. The number of benzene rings is 1. The normalized spacial score (nSPS) is 18.2. The topological polar surface area (TPSA) is 84.3 Å². The van der Waals surface area contributed by atoms with Gasteiger partial charge in [-0.1, -0.05) is 30.3 Å². The summed E-state index contributed by atoms with van der Waals surface area (Å²) in [5.41, 5.74) is 0.996. The van der Waals surface area contributed by atoms with Crippen LogP contribution in [0.2, 0.25) is 0 Å². The second-order valence-electron chi connectivity index (χ2n) is 6.63. The molecule has 1 aliphatic heterocycles. The molecule has 0 radical (unpaired) electrons. The van der Waals surface area contributed by atoms with E-state index in [4.69, 9.17) is 0 Å². The quantitative estimate of drug-likeness (QED) is 0.863. The van der Waals surface area contributed by atoms with E-state index in [2.05, 4.69) is 10.4 Å². The Hall–Kier alpha value is -2.35. The van der Waals surface area contributed by atoms with Gasteiger partial charge < -0.3 is 10.2 Å². The average molecular weight is 376 g/mol. The Balaban J connectivity index is 1.68. The van der Waals surface area contributed by atoms with Crippen LogP contribution in [0.25, 0.3) is 0 Å². The Kier molecular flexibility index (Phi) is 5.61. The summed E-state index contributed by atoms with van der Waals surface area (Å²) >= 11 is 0. The largest absolute Gasteiger partial charge is 0.329 e. The highest BCUT2D eigenvalue weighted by molar-refractivity contribution is 7.91. The Morgan fingerprint density at radius 2 is 1.96 bits per heavy atom. The summed E-state index contributed by atoms with van der Waals surface area (Å²) < 4.78 is 25.0. The third-order valence-electron chi connectivity index (χ3n) is 4.82. The lowest BCUT2D eigenvalue weighted by molar-refractivity contribution is 0.180. The number of rotatable bonds is 5. The zero-order valence-electron chi connectivity index (χ0n) is 14.8. The molecule has 2 amide bonds. The summed E-state index contributed by atoms with van der Waals surface area (Å²) in [6, 6.07) is 11.1. The van der Waals surface area contributed by atoms with E-state index in [1.807, 2.05) is 42.6 Å². The highest BCUT2D eigenvalue weighted by Gasteiger charge is 2.29. The van der Waals surface area contributed by atoms with Crippen LogP contribution >= 0.6 is 0 Å². The van der Waals surface area contributed by atoms with E-state index >= 15 is 0 Å². The van der Waals surface area contributed by atoms with Gasteiger partial charge in [-0.3, -0.25) is 4.68 Å². The fraction of sp³-hybridized carbons (Fsp3) is 0.444. The van der Waals surface area contributed by atoms with Gasteiger partial charge in [-0.2, -0.15) is 5.10 Å². The van der Waals surface area contributed by atoms with Gasteiger partial charge in [0.25, 0.3) is 0 Å². The predicted molar refractivity (Wildman–Crippen MR) is 99.4 cm³/mol. The van der Waals surface area contributed by atoms with Crippen molar-refractivity contribution in [1.82, 2.24) is 20.0 Å². The fourth-order valence-corrected chi connectivity index (χ4v) is 4.66. The minimum Gasteiger partial charge on any atom is -0.329 e. The lowest BCUT2D eigenvalue weighted by Gasteiger charge is -2.32. The first-order valence-corrected chi connectivity index (χ1v) is 10.5. The minimum absolute atomic E-state index is 0.0559. The van der Waals surface area contributed by atoms with Crippen molar-refractivity contribution in [1.29, 1.82) is 0 Å². The summed E-state index contributed by atoms with van der Waals surface area (Å²) in [5.74, 6) is 0.287. The number of nitrogens with zero attached hydrogens (tertiary/aromatic N) is 3.